The zero-order valence-electron chi connectivity index (χ0n) is 13.3. The first-order chi connectivity index (χ1) is 12.1. The third-order valence-electron chi connectivity index (χ3n) is 4.81. The lowest BCUT2D eigenvalue weighted by Crippen LogP contribution is -2.66. The number of β-lactam (4-membered cyclic amide) rings is 1. The van der Waals surface area contributed by atoms with Crippen LogP contribution in [0.1, 0.15) is 32.3 Å². The molecule has 6 heteroatoms. The van der Waals surface area contributed by atoms with E-state index in [9.17, 15) is 19.5 Å². The molecule has 2 aromatic carbocycles. The number of likely N-dealkylation sites (tertiary alicyclic amines) is 1. The van der Waals surface area contributed by atoms with Crippen molar-refractivity contribution in [3.63, 3.8) is 0 Å². The summed E-state index contributed by atoms with van der Waals surface area (Å²) < 4.78 is 0. The van der Waals surface area contributed by atoms with E-state index in [-0.39, 0.29) is 19.1 Å². The van der Waals surface area contributed by atoms with Crippen LogP contribution < -0.4 is 0 Å². The molecule has 0 saturated carbocycles. The molecule has 4 rings (SSSR count). The fourth-order valence-corrected chi connectivity index (χ4v) is 3.46. The molecule has 2 aromatic rings. The largest absolute Gasteiger partial charge is 0.394 e. The van der Waals surface area contributed by atoms with Crippen molar-refractivity contribution >= 4 is 17.7 Å². The number of hydrogen-bond donors (Lipinski definition) is 1. The van der Waals surface area contributed by atoms with Crippen LogP contribution in [-0.2, 0) is 4.79 Å². The Morgan fingerprint density at radius 3 is 2.00 bits per heavy atom. The number of aliphatic hydroxyl groups is 1. The van der Waals surface area contributed by atoms with Crippen LogP contribution in [0.5, 0.6) is 0 Å². The highest BCUT2D eigenvalue weighted by Gasteiger charge is 2.51. The number of carbonyl (C=O) groups excluding carboxylic acids is 3. The van der Waals surface area contributed by atoms with Crippen LogP contribution in [0.15, 0.2) is 54.6 Å². The minimum Gasteiger partial charge on any atom is -0.394 e. The fraction of sp³-hybridized carbons (Fsp3) is 0.211. The second kappa shape index (κ2) is 5.82. The van der Waals surface area contributed by atoms with Crippen molar-refractivity contribution in [2.24, 2.45) is 0 Å². The number of fused-ring (bicyclic) bond motifs is 1. The van der Waals surface area contributed by atoms with Crippen molar-refractivity contribution in [2.45, 2.75) is 12.1 Å². The number of amides is 3. The van der Waals surface area contributed by atoms with E-state index in [1.807, 2.05) is 30.3 Å². The Morgan fingerprint density at radius 2 is 1.48 bits per heavy atom. The van der Waals surface area contributed by atoms with Gasteiger partial charge in [-0.2, -0.15) is 0 Å². The fourth-order valence-electron chi connectivity index (χ4n) is 3.46. The minimum absolute atomic E-state index is 0.218. The number of nitrogens with zero attached hydrogens (tertiary/aromatic N) is 2. The quantitative estimate of drug-likeness (QED) is 0.673. The molecule has 2 aliphatic heterocycles. The normalized spacial score (nSPS) is 20.5. The van der Waals surface area contributed by atoms with Gasteiger partial charge in [-0.1, -0.05) is 42.5 Å². The van der Waals surface area contributed by atoms with Gasteiger partial charge >= 0.3 is 0 Å². The summed E-state index contributed by atoms with van der Waals surface area (Å²) in [7, 11) is 0. The van der Waals surface area contributed by atoms with E-state index < -0.39 is 23.9 Å². The number of benzene rings is 2. The number of rotatable bonds is 4. The molecule has 6 nitrogen and oxygen atoms in total. The third kappa shape index (κ3) is 2.26. The molecule has 25 heavy (non-hydrogen) atoms. The summed E-state index contributed by atoms with van der Waals surface area (Å²) in [5.41, 5.74) is 1.49. The lowest BCUT2D eigenvalue weighted by Gasteiger charge is -2.45. The van der Waals surface area contributed by atoms with E-state index in [1.165, 1.54) is 4.90 Å². The highest BCUT2D eigenvalue weighted by molar-refractivity contribution is 6.23. The second-order valence-electron chi connectivity index (χ2n) is 6.14. The summed E-state index contributed by atoms with van der Waals surface area (Å²) in [6.07, 6.45) is 0. The Bertz CT molecular complexity index is 830. The number of carbonyl (C=O) groups is 3. The average Bonchev–Trinajstić information content (AvgIpc) is 2.90. The Balaban J connectivity index is 1.55. The first-order valence-corrected chi connectivity index (χ1v) is 8.06. The first kappa shape index (κ1) is 15.5. The first-order valence-electron chi connectivity index (χ1n) is 8.06. The molecule has 126 valence electrons. The molecule has 3 amide bonds. The molecular weight excluding hydrogens is 320 g/mol. The van der Waals surface area contributed by atoms with Crippen LogP contribution in [0.4, 0.5) is 0 Å². The maximum atomic E-state index is 12.6. The van der Waals surface area contributed by atoms with E-state index in [0.717, 1.165) is 10.5 Å². The Kier molecular flexibility index (Phi) is 3.62. The molecular formula is C19H16N2O4. The van der Waals surface area contributed by atoms with Gasteiger partial charge in [0.15, 0.2) is 0 Å². The van der Waals surface area contributed by atoms with Gasteiger partial charge in [0.05, 0.1) is 30.3 Å². The van der Waals surface area contributed by atoms with Crippen LogP contribution in [-0.4, -0.2) is 51.8 Å². The van der Waals surface area contributed by atoms with E-state index in [1.54, 1.807) is 24.3 Å². The molecule has 0 bridgehead atoms. The molecule has 0 spiro atoms. The van der Waals surface area contributed by atoms with Crippen LogP contribution in [0.3, 0.4) is 0 Å². The molecule has 2 aliphatic rings. The van der Waals surface area contributed by atoms with Crippen molar-refractivity contribution < 1.29 is 19.5 Å². The van der Waals surface area contributed by atoms with Crippen LogP contribution in [0.25, 0.3) is 0 Å². The highest BCUT2D eigenvalue weighted by Crippen LogP contribution is 2.33. The van der Waals surface area contributed by atoms with Gasteiger partial charge in [0, 0.05) is 0 Å². The summed E-state index contributed by atoms with van der Waals surface area (Å²) in [6.45, 7) is 0.00894. The Morgan fingerprint density at radius 1 is 0.920 bits per heavy atom. The zero-order valence-corrected chi connectivity index (χ0v) is 13.3. The van der Waals surface area contributed by atoms with E-state index in [0.29, 0.717) is 11.1 Å². The predicted octanol–water partition coefficient (Wildman–Crippen LogP) is 1.23. The highest BCUT2D eigenvalue weighted by atomic mass is 16.3. The van der Waals surface area contributed by atoms with Crippen molar-refractivity contribution in [3.05, 3.63) is 71.3 Å². The summed E-state index contributed by atoms with van der Waals surface area (Å²) >= 11 is 0. The molecule has 1 fully saturated rings. The lowest BCUT2D eigenvalue weighted by atomic mass is 9.98. The topological polar surface area (TPSA) is 77.9 Å². The SMILES string of the molecule is O=C1[C@@H](N2C(=O)c3ccccc3C2=O)CN1[C@H](CO)c1ccccc1. The minimum atomic E-state index is -0.801. The maximum absolute atomic E-state index is 12.6. The van der Waals surface area contributed by atoms with Gasteiger partial charge in [0.2, 0.25) is 5.91 Å². The van der Waals surface area contributed by atoms with E-state index in [4.69, 9.17) is 0 Å². The van der Waals surface area contributed by atoms with Crippen LogP contribution >= 0.6 is 0 Å². The third-order valence-corrected chi connectivity index (χ3v) is 4.81. The number of hydrogen-bond acceptors (Lipinski definition) is 4. The summed E-state index contributed by atoms with van der Waals surface area (Å²) in [5, 5.41) is 9.69. The zero-order chi connectivity index (χ0) is 17.6. The van der Waals surface area contributed by atoms with Gasteiger partial charge in [-0.05, 0) is 17.7 Å². The molecule has 0 aliphatic carbocycles. The monoisotopic (exact) mass is 336 g/mol. The van der Waals surface area contributed by atoms with Crippen molar-refractivity contribution in [3.8, 4) is 0 Å². The van der Waals surface area contributed by atoms with Gasteiger partial charge in [-0.25, -0.2) is 0 Å². The van der Waals surface area contributed by atoms with Crippen molar-refractivity contribution in [2.75, 3.05) is 13.2 Å². The number of imide groups is 1. The van der Waals surface area contributed by atoms with E-state index >= 15 is 0 Å². The number of aliphatic hydroxyl groups excluding tert-OH is 1. The molecule has 1 saturated heterocycles. The van der Waals surface area contributed by atoms with Crippen molar-refractivity contribution in [1.29, 1.82) is 0 Å². The van der Waals surface area contributed by atoms with Gasteiger partial charge in [-0.15, -0.1) is 0 Å². The lowest BCUT2D eigenvalue weighted by molar-refractivity contribution is -0.152. The molecule has 1 N–H and O–H groups in total. The van der Waals surface area contributed by atoms with Gasteiger partial charge < -0.3 is 10.0 Å². The molecule has 2 atom stereocenters. The maximum Gasteiger partial charge on any atom is 0.262 e. The summed E-state index contributed by atoms with van der Waals surface area (Å²) in [4.78, 5) is 40.2. The molecule has 0 unspecified atom stereocenters. The Hall–Kier alpha value is -2.99. The van der Waals surface area contributed by atoms with Gasteiger partial charge in [-0.3, -0.25) is 19.3 Å². The van der Waals surface area contributed by atoms with Gasteiger partial charge in [0.1, 0.15) is 6.04 Å². The molecule has 0 radical (unpaired) electrons. The van der Waals surface area contributed by atoms with Crippen LogP contribution in [0.2, 0.25) is 0 Å². The standard InChI is InChI=1S/C19H16N2O4/c22-11-16(12-6-2-1-3-7-12)20-10-15(19(20)25)21-17(23)13-8-4-5-9-14(13)18(21)24/h1-9,15-16,22H,10-11H2/t15-,16+/m0/s1. The van der Waals surface area contributed by atoms with Gasteiger partial charge in [0.25, 0.3) is 11.8 Å². The molecule has 2 heterocycles. The average molecular weight is 336 g/mol. The summed E-state index contributed by atoms with van der Waals surface area (Å²) in [5.74, 6) is -1.19. The van der Waals surface area contributed by atoms with Crippen molar-refractivity contribution in [1.82, 2.24) is 9.80 Å². The smallest absolute Gasteiger partial charge is 0.262 e. The summed E-state index contributed by atoms with van der Waals surface area (Å²) in [6, 6.07) is 14.5. The molecule has 0 aromatic heterocycles. The Labute approximate surface area is 144 Å². The van der Waals surface area contributed by atoms with Crippen LogP contribution in [0, 0.1) is 0 Å². The predicted molar refractivity (Wildman–Crippen MR) is 88.7 cm³/mol. The van der Waals surface area contributed by atoms with E-state index in [2.05, 4.69) is 0 Å². The second-order valence-corrected chi connectivity index (χ2v) is 6.14.